The molecule has 0 radical (unpaired) electrons. The van der Waals surface area contributed by atoms with Gasteiger partial charge in [0.1, 0.15) is 0 Å². The highest BCUT2D eigenvalue weighted by Gasteiger charge is 2.30. The van der Waals surface area contributed by atoms with E-state index in [1.54, 1.807) is 41.3 Å². The number of hydrogen-bond donors (Lipinski definition) is 1. The van der Waals surface area contributed by atoms with Crippen molar-refractivity contribution in [1.29, 1.82) is 0 Å². The molecule has 2 aromatic carbocycles. The lowest BCUT2D eigenvalue weighted by Crippen LogP contribution is -2.51. The van der Waals surface area contributed by atoms with Gasteiger partial charge in [0.2, 0.25) is 10.0 Å². The lowest BCUT2D eigenvalue weighted by atomic mass is 10.1. The van der Waals surface area contributed by atoms with E-state index in [0.717, 1.165) is 11.1 Å². The summed E-state index contributed by atoms with van der Waals surface area (Å²) in [6, 6.07) is 11.7. The van der Waals surface area contributed by atoms with Gasteiger partial charge in [0.05, 0.1) is 4.90 Å². The maximum absolute atomic E-state index is 12.8. The van der Waals surface area contributed by atoms with Crippen LogP contribution >= 0.6 is 11.6 Å². The molecular formula is C19H22ClN3O3S. The van der Waals surface area contributed by atoms with Crippen molar-refractivity contribution in [1.82, 2.24) is 9.21 Å². The second-order valence-electron chi connectivity index (χ2n) is 6.57. The smallest absolute Gasteiger partial charge is 0.321 e. The van der Waals surface area contributed by atoms with Crippen LogP contribution in [0.15, 0.2) is 47.4 Å². The summed E-state index contributed by atoms with van der Waals surface area (Å²) in [7, 11) is -3.55. The fourth-order valence-corrected chi connectivity index (χ4v) is 4.52. The number of carbonyl (C=O) groups is 1. The third-order valence-corrected chi connectivity index (χ3v) is 6.88. The largest absolute Gasteiger partial charge is 0.322 e. The number of hydrogen-bond acceptors (Lipinski definition) is 3. The van der Waals surface area contributed by atoms with Gasteiger partial charge in [-0.15, -0.1) is 0 Å². The van der Waals surface area contributed by atoms with Crippen LogP contribution in [0.3, 0.4) is 0 Å². The first-order valence-electron chi connectivity index (χ1n) is 8.66. The zero-order valence-electron chi connectivity index (χ0n) is 15.3. The van der Waals surface area contributed by atoms with Crippen molar-refractivity contribution >= 4 is 33.3 Å². The normalized spacial score (nSPS) is 15.6. The minimum Gasteiger partial charge on any atom is -0.322 e. The van der Waals surface area contributed by atoms with Crippen LogP contribution in [0.25, 0.3) is 0 Å². The number of piperazine rings is 1. The molecule has 6 nitrogen and oxygen atoms in total. The molecule has 8 heteroatoms. The average molecular weight is 408 g/mol. The van der Waals surface area contributed by atoms with Crippen LogP contribution in [0.5, 0.6) is 0 Å². The van der Waals surface area contributed by atoms with Gasteiger partial charge in [-0.25, -0.2) is 13.2 Å². The van der Waals surface area contributed by atoms with Crippen molar-refractivity contribution in [2.45, 2.75) is 18.7 Å². The molecule has 2 amide bonds. The Labute approximate surface area is 164 Å². The van der Waals surface area contributed by atoms with E-state index in [1.165, 1.54) is 4.31 Å². The molecule has 0 aliphatic carbocycles. The van der Waals surface area contributed by atoms with Gasteiger partial charge in [-0.1, -0.05) is 17.7 Å². The second kappa shape index (κ2) is 7.88. The van der Waals surface area contributed by atoms with Crippen LogP contribution in [-0.4, -0.2) is 49.8 Å². The van der Waals surface area contributed by atoms with Crippen LogP contribution in [0, 0.1) is 13.8 Å². The van der Waals surface area contributed by atoms with E-state index in [4.69, 9.17) is 11.6 Å². The molecule has 1 N–H and O–H groups in total. The van der Waals surface area contributed by atoms with E-state index in [-0.39, 0.29) is 19.1 Å². The number of rotatable bonds is 3. The lowest BCUT2D eigenvalue weighted by Gasteiger charge is -2.34. The highest BCUT2D eigenvalue weighted by atomic mass is 35.5. The standard InChI is InChI=1S/C19H22ClN3O3S/c1-14-3-8-18(13-15(14)2)27(25,26)23-11-9-22(10-12-23)19(24)21-17-6-4-16(20)5-7-17/h3-8,13H,9-12H2,1-2H3,(H,21,24). The quantitative estimate of drug-likeness (QED) is 0.846. The molecule has 2 aromatic rings. The first kappa shape index (κ1) is 19.7. The average Bonchev–Trinajstić information content (AvgIpc) is 2.66. The predicted octanol–water partition coefficient (Wildman–Crippen LogP) is 3.50. The number of amides is 2. The molecule has 1 saturated heterocycles. The number of nitrogens with zero attached hydrogens (tertiary/aromatic N) is 2. The van der Waals surface area contributed by atoms with Gasteiger partial charge in [-0.3, -0.25) is 0 Å². The molecule has 1 fully saturated rings. The molecule has 0 spiro atoms. The molecule has 3 rings (SSSR count). The Balaban J connectivity index is 1.63. The first-order valence-corrected chi connectivity index (χ1v) is 10.5. The Kier molecular flexibility index (Phi) is 5.74. The minimum atomic E-state index is -3.55. The molecule has 0 atom stereocenters. The van der Waals surface area contributed by atoms with E-state index in [0.29, 0.717) is 28.7 Å². The summed E-state index contributed by atoms with van der Waals surface area (Å²) in [4.78, 5) is 14.3. The topological polar surface area (TPSA) is 69.7 Å². The summed E-state index contributed by atoms with van der Waals surface area (Å²) in [6.07, 6.45) is 0. The van der Waals surface area contributed by atoms with Crippen LogP contribution in [0.4, 0.5) is 10.5 Å². The van der Waals surface area contributed by atoms with Crippen LogP contribution in [0.1, 0.15) is 11.1 Å². The number of benzene rings is 2. The molecule has 1 heterocycles. The first-order chi connectivity index (χ1) is 12.8. The summed E-state index contributed by atoms with van der Waals surface area (Å²) >= 11 is 5.84. The number of halogens is 1. The van der Waals surface area contributed by atoms with E-state index in [2.05, 4.69) is 5.32 Å². The zero-order chi connectivity index (χ0) is 19.6. The summed E-state index contributed by atoms with van der Waals surface area (Å²) < 4.78 is 27.1. The third-order valence-electron chi connectivity index (χ3n) is 4.74. The molecule has 1 aliphatic rings. The highest BCUT2D eigenvalue weighted by molar-refractivity contribution is 7.89. The summed E-state index contributed by atoms with van der Waals surface area (Å²) in [6.45, 7) is 5.05. The van der Waals surface area contributed by atoms with Crippen molar-refractivity contribution in [3.05, 3.63) is 58.6 Å². The van der Waals surface area contributed by atoms with Crippen molar-refractivity contribution in [2.24, 2.45) is 0 Å². The maximum Gasteiger partial charge on any atom is 0.321 e. The highest BCUT2D eigenvalue weighted by Crippen LogP contribution is 2.21. The van der Waals surface area contributed by atoms with Crippen LogP contribution in [-0.2, 0) is 10.0 Å². The SMILES string of the molecule is Cc1ccc(S(=O)(=O)N2CCN(C(=O)Nc3ccc(Cl)cc3)CC2)cc1C. The van der Waals surface area contributed by atoms with Gasteiger partial charge in [-0.2, -0.15) is 4.31 Å². The number of aryl methyl sites for hydroxylation is 2. The number of sulfonamides is 1. The summed E-state index contributed by atoms with van der Waals surface area (Å²) in [5, 5.41) is 3.39. The summed E-state index contributed by atoms with van der Waals surface area (Å²) in [5.41, 5.74) is 2.64. The van der Waals surface area contributed by atoms with Gasteiger partial charge < -0.3 is 10.2 Å². The second-order valence-corrected chi connectivity index (χ2v) is 8.95. The van der Waals surface area contributed by atoms with Gasteiger partial charge in [0, 0.05) is 36.9 Å². The number of urea groups is 1. The molecule has 144 valence electrons. The zero-order valence-corrected chi connectivity index (χ0v) is 16.8. The molecule has 0 unspecified atom stereocenters. The Hall–Kier alpha value is -2.09. The Bertz CT molecular complexity index is 937. The fourth-order valence-electron chi connectivity index (χ4n) is 2.89. The molecule has 1 aliphatic heterocycles. The van der Waals surface area contributed by atoms with E-state index >= 15 is 0 Å². The number of carbonyl (C=O) groups excluding carboxylic acids is 1. The van der Waals surface area contributed by atoms with Crippen molar-refractivity contribution in [2.75, 3.05) is 31.5 Å². The van der Waals surface area contributed by atoms with Crippen molar-refractivity contribution < 1.29 is 13.2 Å². The monoisotopic (exact) mass is 407 g/mol. The van der Waals surface area contributed by atoms with Crippen LogP contribution in [0.2, 0.25) is 5.02 Å². The number of anilines is 1. The predicted molar refractivity (Wildman–Crippen MR) is 107 cm³/mol. The fraction of sp³-hybridized carbons (Fsp3) is 0.316. The number of nitrogens with one attached hydrogen (secondary N) is 1. The Morgan fingerprint density at radius 1 is 0.963 bits per heavy atom. The molecule has 27 heavy (non-hydrogen) atoms. The lowest BCUT2D eigenvalue weighted by molar-refractivity contribution is 0.184. The Morgan fingerprint density at radius 3 is 2.19 bits per heavy atom. The van der Waals surface area contributed by atoms with Gasteiger partial charge in [-0.05, 0) is 61.4 Å². The molecule has 0 bridgehead atoms. The van der Waals surface area contributed by atoms with E-state index in [1.807, 2.05) is 19.9 Å². The van der Waals surface area contributed by atoms with Crippen molar-refractivity contribution in [3.63, 3.8) is 0 Å². The van der Waals surface area contributed by atoms with E-state index < -0.39 is 10.0 Å². The minimum absolute atomic E-state index is 0.249. The van der Waals surface area contributed by atoms with Gasteiger partial charge in [0.15, 0.2) is 0 Å². The maximum atomic E-state index is 12.8. The molecule has 0 aromatic heterocycles. The Morgan fingerprint density at radius 2 is 1.59 bits per heavy atom. The molecular weight excluding hydrogens is 386 g/mol. The van der Waals surface area contributed by atoms with Crippen molar-refractivity contribution in [3.8, 4) is 0 Å². The summed E-state index contributed by atoms with van der Waals surface area (Å²) in [5.74, 6) is 0. The van der Waals surface area contributed by atoms with Gasteiger partial charge >= 0.3 is 6.03 Å². The molecule has 0 saturated carbocycles. The van der Waals surface area contributed by atoms with E-state index in [9.17, 15) is 13.2 Å². The third kappa shape index (κ3) is 4.43. The van der Waals surface area contributed by atoms with Crippen LogP contribution < -0.4 is 5.32 Å². The van der Waals surface area contributed by atoms with Gasteiger partial charge in [0.25, 0.3) is 0 Å².